The van der Waals surface area contributed by atoms with Crippen LogP contribution in [0.5, 0.6) is 0 Å². The summed E-state index contributed by atoms with van der Waals surface area (Å²) in [6.07, 6.45) is -7.56. The lowest BCUT2D eigenvalue weighted by atomic mass is 10.3. The molecule has 0 saturated heterocycles. The van der Waals surface area contributed by atoms with Gasteiger partial charge < -0.3 is 103 Å². The maximum atomic E-state index is 11.6. The van der Waals surface area contributed by atoms with Gasteiger partial charge in [-0.1, -0.05) is 0 Å². The Labute approximate surface area is 574 Å². The second kappa shape index (κ2) is 63.5. The van der Waals surface area contributed by atoms with Gasteiger partial charge in [0.15, 0.2) is 0 Å². The summed E-state index contributed by atoms with van der Waals surface area (Å²) in [6.45, 7) is 6.92. The smallest absolute Gasteiger partial charge is 0.394 e. The standard InChI is InChI=1S/2C6H12N2O2S.2C5H7F3N2O2S.2C5H10N2O3.2C5H10N2O2S.C4H8OS/c2*1-4(9)8-5(3-11)6(10)7-2;2*6-5(7,8)4(12)10-2(1-13)3(9)11;2*1-3(9)7-4(2-8)5(6)10;2*1-3(8)7-4(2-10)5(6)9;5-3-1-2-4-6/h2*5,11H,3H2,1-2H3,(H,7,10)(H,8,9);2*2,13H,1H2,(H2,9,11)(H,10,12);2*4,8H,2H2,1H3,(H2,6,10)(H,7,9);2*4,10H,2H2,1H3,(H2,6,9)(H,7,8);3,6H,1-2,4H2/t2*5-;2*2-;4*4-;/m10101010./s1. The van der Waals surface area contributed by atoms with E-state index in [0.29, 0.717) is 17.9 Å². The highest BCUT2D eigenvalue weighted by Crippen LogP contribution is 2.15. The van der Waals surface area contributed by atoms with E-state index in [2.05, 4.69) is 142 Å². The van der Waals surface area contributed by atoms with Crippen LogP contribution in [-0.4, -0.2) is 239 Å². The molecule has 0 saturated carbocycles. The minimum atomic E-state index is -5.02. The Hall–Kier alpha value is -6.86. The predicted molar refractivity (Wildman–Crippen MR) is 351 cm³/mol. The molecule has 0 aliphatic heterocycles. The minimum Gasteiger partial charge on any atom is -0.394 e. The van der Waals surface area contributed by atoms with Gasteiger partial charge in [-0.15, -0.1) is 0 Å². The van der Waals surface area contributed by atoms with E-state index in [1.807, 2.05) is 0 Å². The van der Waals surface area contributed by atoms with Crippen LogP contribution in [0, 0.1) is 0 Å². The highest BCUT2D eigenvalue weighted by atomic mass is 32.1. The van der Waals surface area contributed by atoms with Gasteiger partial charge in [-0.25, -0.2) is 0 Å². The Morgan fingerprint density at radius 1 is 0.362 bits per heavy atom. The van der Waals surface area contributed by atoms with Crippen molar-refractivity contribution in [1.82, 2.24) is 53.2 Å². The summed E-state index contributed by atoms with van der Waals surface area (Å²) in [7, 11) is 3.03. The van der Waals surface area contributed by atoms with Crippen molar-refractivity contribution in [3.8, 4) is 0 Å². The van der Waals surface area contributed by atoms with Crippen molar-refractivity contribution in [3.05, 3.63) is 0 Å². The number of likely N-dealkylation sites (N-methyl/N-ethyl adjacent to an activating group) is 2. The number of aliphatic hydroxyl groups is 2. The van der Waals surface area contributed by atoms with Crippen LogP contribution in [0.3, 0.4) is 0 Å². The lowest BCUT2D eigenvalue weighted by molar-refractivity contribution is -0.174. The molecule has 16 amide bonds. The number of amides is 16. The van der Waals surface area contributed by atoms with Crippen molar-refractivity contribution in [2.24, 2.45) is 34.4 Å². The number of carbonyl (C=O) groups excluding carboxylic acids is 17. The number of nitrogens with one attached hydrogen (secondary N) is 10. The van der Waals surface area contributed by atoms with Crippen LogP contribution in [0.2, 0.25) is 0 Å². The quantitative estimate of drug-likeness (QED) is 0.0157. The van der Waals surface area contributed by atoms with Gasteiger partial charge in [-0.3, -0.25) is 76.7 Å². The average Bonchev–Trinajstić information content (AvgIpc) is 1.87. The highest BCUT2D eigenvalue weighted by molar-refractivity contribution is 7.81. The normalized spacial score (nSPS) is 12.2. The van der Waals surface area contributed by atoms with E-state index in [-0.39, 0.29) is 58.5 Å². The van der Waals surface area contributed by atoms with Crippen molar-refractivity contribution in [1.29, 1.82) is 0 Å². The number of hydrogen-bond donors (Lipinski definition) is 25. The van der Waals surface area contributed by atoms with Crippen molar-refractivity contribution >= 4 is 189 Å². The fraction of sp³-hybridized carbons (Fsp3) is 0.630. The van der Waals surface area contributed by atoms with Gasteiger partial charge in [0.25, 0.3) is 0 Å². The molecule has 0 rings (SSSR count). The van der Waals surface area contributed by atoms with Crippen LogP contribution in [0.4, 0.5) is 26.3 Å². The van der Waals surface area contributed by atoms with E-state index in [4.69, 9.17) is 33.1 Å². The van der Waals surface area contributed by atoms with Crippen LogP contribution >= 0.6 is 88.4 Å². The molecular formula is C46H86F6N16O19S7. The lowest BCUT2D eigenvalue weighted by Gasteiger charge is -2.13. The zero-order valence-corrected chi connectivity index (χ0v) is 57.9. The van der Waals surface area contributed by atoms with Gasteiger partial charge >= 0.3 is 24.2 Å². The molecule has 0 spiro atoms. The summed E-state index contributed by atoms with van der Waals surface area (Å²) in [5.41, 5.74) is 28.7. The number of rotatable bonds is 27. The summed E-state index contributed by atoms with van der Waals surface area (Å²) in [5, 5.41) is 38.4. The van der Waals surface area contributed by atoms with Crippen molar-refractivity contribution in [3.63, 3.8) is 0 Å². The number of carbonyl (C=O) groups is 17. The van der Waals surface area contributed by atoms with Crippen LogP contribution in [0.1, 0.15) is 54.4 Å². The van der Waals surface area contributed by atoms with E-state index in [0.717, 1.165) is 18.5 Å². The van der Waals surface area contributed by atoms with Gasteiger partial charge in [0.2, 0.25) is 82.7 Å². The zero-order valence-electron chi connectivity index (χ0n) is 51.7. The van der Waals surface area contributed by atoms with Gasteiger partial charge in [0, 0.05) is 96.6 Å². The fourth-order valence-electron chi connectivity index (χ4n) is 4.10. The molecule has 8 atom stereocenters. The van der Waals surface area contributed by atoms with Gasteiger partial charge in [0.05, 0.1) is 13.2 Å². The number of alkyl halides is 6. The number of primary amides is 6. The Kier molecular flexibility index (Phi) is 71.6. The Morgan fingerprint density at radius 2 is 0.543 bits per heavy atom. The third-order valence-electron chi connectivity index (χ3n) is 8.52. The summed E-state index contributed by atoms with van der Waals surface area (Å²) < 4.78 is 69.7. The van der Waals surface area contributed by atoms with Crippen molar-refractivity contribution in [2.75, 3.05) is 67.6 Å². The number of thiol groups is 7. The number of aliphatic hydroxyl groups excluding tert-OH is 2. The number of hydrogen-bond acceptors (Lipinski definition) is 26. The number of aldehydes is 1. The SMILES string of the molecule is CC(=O)N[C@@H](CO)C(N)=O.CC(=O)N[C@@H](CS)C(N)=O.CC(=O)N[C@H](CO)C(N)=O.CC(=O)N[C@H](CS)C(N)=O.CNC(=O)[C@@H](CS)NC(C)=O.CNC(=O)[C@H](CS)NC(C)=O.NC(=O)[C@@H](CS)NC(=O)C(F)(F)F.NC(=O)[C@H](CS)NC(=O)C(F)(F)F.O=CCCCS. The Morgan fingerprint density at radius 3 is 0.638 bits per heavy atom. The molecule has 24 N–H and O–H groups in total. The molecule has 48 heteroatoms. The predicted octanol–water partition coefficient (Wildman–Crippen LogP) is -8.12. The van der Waals surface area contributed by atoms with E-state index in [9.17, 15) is 108 Å². The number of unbranched alkanes of at least 4 members (excludes halogenated alkanes) is 1. The third-order valence-corrected chi connectivity index (χ3v) is 11.0. The topological polar surface area (TPSA) is 607 Å². The first kappa shape index (κ1) is 106. The molecular weight excluding hydrogens is 1420 g/mol. The molecule has 0 aliphatic carbocycles. The molecule has 0 bridgehead atoms. The Balaban J connectivity index is -0.000000124. The van der Waals surface area contributed by atoms with Crippen molar-refractivity contribution < 1.29 is 118 Å². The van der Waals surface area contributed by atoms with E-state index >= 15 is 0 Å². The number of nitrogens with two attached hydrogens (primary N) is 6. The molecule has 0 heterocycles. The Bertz CT molecular complexity index is 2150. The van der Waals surface area contributed by atoms with Crippen LogP contribution in [0.15, 0.2) is 0 Å². The number of halogens is 6. The first-order chi connectivity index (χ1) is 43.0. The summed E-state index contributed by atoms with van der Waals surface area (Å²) in [5.74, 6) is -10.1. The molecule has 0 aromatic carbocycles. The molecule has 94 heavy (non-hydrogen) atoms. The minimum absolute atomic E-state index is 0.227. The second-order valence-corrected chi connectivity index (χ2v) is 19.3. The molecule has 548 valence electrons. The summed E-state index contributed by atoms with van der Waals surface area (Å²) in [4.78, 5) is 176. The van der Waals surface area contributed by atoms with Gasteiger partial charge in [-0.05, 0) is 12.2 Å². The largest absolute Gasteiger partial charge is 0.471 e. The summed E-state index contributed by atoms with van der Waals surface area (Å²) in [6, 6.07) is -7.09. The second-order valence-electron chi connectivity index (χ2n) is 16.7. The fourth-order valence-corrected chi connectivity index (χ4v) is 5.89. The van der Waals surface area contributed by atoms with Gasteiger partial charge in [-0.2, -0.15) is 115 Å². The average molecular weight is 1510 g/mol. The molecule has 0 aromatic rings. The maximum absolute atomic E-state index is 11.6. The molecule has 0 aliphatic rings. The molecule has 0 fully saturated rings. The van der Waals surface area contributed by atoms with E-state index < -0.39 is 133 Å². The maximum Gasteiger partial charge on any atom is 0.471 e. The van der Waals surface area contributed by atoms with Crippen LogP contribution in [-0.2, 0) is 81.5 Å². The molecule has 0 unspecified atom stereocenters. The molecule has 0 radical (unpaired) electrons. The van der Waals surface area contributed by atoms with E-state index in [1.165, 1.54) is 66.3 Å². The van der Waals surface area contributed by atoms with Crippen LogP contribution in [0.25, 0.3) is 0 Å². The molecule has 35 nitrogen and oxygen atoms in total. The van der Waals surface area contributed by atoms with Crippen LogP contribution < -0.4 is 87.6 Å². The van der Waals surface area contributed by atoms with Gasteiger partial charge in [0.1, 0.15) is 54.6 Å². The van der Waals surface area contributed by atoms with E-state index in [1.54, 1.807) is 0 Å². The summed E-state index contributed by atoms with van der Waals surface area (Å²) >= 11 is 26.4. The third kappa shape index (κ3) is 71.0. The van der Waals surface area contributed by atoms with Crippen molar-refractivity contribution in [2.45, 2.75) is 115 Å². The highest BCUT2D eigenvalue weighted by Gasteiger charge is 2.41. The first-order valence-corrected chi connectivity index (χ1v) is 29.9. The zero-order chi connectivity index (χ0) is 76.4. The first-order valence-electron chi connectivity index (χ1n) is 25.5. The molecule has 0 aromatic heterocycles. The monoisotopic (exact) mass is 1500 g/mol. The lowest BCUT2D eigenvalue weighted by Crippen LogP contribution is -2.50.